The van der Waals surface area contributed by atoms with Crippen molar-refractivity contribution in [3.8, 4) is 0 Å². The van der Waals surface area contributed by atoms with Crippen LogP contribution in [0.3, 0.4) is 0 Å². The molecule has 0 atom stereocenters. The summed E-state index contributed by atoms with van der Waals surface area (Å²) in [6.45, 7) is 3.38. The fourth-order valence-corrected chi connectivity index (χ4v) is 1.99. The average molecular weight is 278 g/mol. The van der Waals surface area contributed by atoms with Crippen LogP contribution in [0.2, 0.25) is 0 Å². The SMILES string of the molecule is CCCN(CC1CC1)C(=O)Nc1ccncc1[N+](=O)[O-]. The van der Waals surface area contributed by atoms with Gasteiger partial charge in [-0.3, -0.25) is 15.1 Å². The van der Waals surface area contributed by atoms with Crippen LogP contribution >= 0.6 is 0 Å². The van der Waals surface area contributed by atoms with E-state index >= 15 is 0 Å². The summed E-state index contributed by atoms with van der Waals surface area (Å²) in [6.07, 6.45) is 5.73. The first-order valence-corrected chi connectivity index (χ1v) is 6.76. The Bertz CT molecular complexity index is 502. The molecule has 1 heterocycles. The summed E-state index contributed by atoms with van der Waals surface area (Å²) in [4.78, 5) is 28.0. The Balaban J connectivity index is 2.06. The van der Waals surface area contributed by atoms with E-state index < -0.39 is 4.92 Å². The Morgan fingerprint density at radius 2 is 2.35 bits per heavy atom. The molecule has 1 aromatic rings. The number of carbonyl (C=O) groups excluding carboxylic acids is 1. The number of nitro groups is 1. The number of nitrogens with zero attached hydrogens (tertiary/aromatic N) is 3. The smallest absolute Gasteiger partial charge is 0.322 e. The summed E-state index contributed by atoms with van der Waals surface area (Å²) in [6, 6.07) is 1.16. The predicted octanol–water partition coefficient (Wildman–Crippen LogP) is 2.64. The highest BCUT2D eigenvalue weighted by atomic mass is 16.6. The number of hydrogen-bond acceptors (Lipinski definition) is 4. The lowest BCUT2D eigenvalue weighted by Crippen LogP contribution is -2.37. The third-order valence-electron chi connectivity index (χ3n) is 3.19. The van der Waals surface area contributed by atoms with Crippen molar-refractivity contribution in [3.05, 3.63) is 28.6 Å². The van der Waals surface area contributed by atoms with Gasteiger partial charge in [0.2, 0.25) is 0 Å². The van der Waals surface area contributed by atoms with Crippen molar-refractivity contribution in [1.82, 2.24) is 9.88 Å². The molecule has 1 N–H and O–H groups in total. The average Bonchev–Trinajstić information content (AvgIpc) is 3.22. The Labute approximate surface area is 117 Å². The molecule has 1 saturated carbocycles. The molecule has 1 aliphatic carbocycles. The number of urea groups is 1. The molecule has 1 aromatic heterocycles. The molecule has 0 unspecified atom stereocenters. The molecule has 7 heteroatoms. The molecule has 7 nitrogen and oxygen atoms in total. The van der Waals surface area contributed by atoms with Crippen LogP contribution in [0, 0.1) is 16.0 Å². The number of anilines is 1. The molecule has 0 saturated heterocycles. The van der Waals surface area contributed by atoms with Crippen molar-refractivity contribution in [2.24, 2.45) is 5.92 Å². The number of aromatic nitrogens is 1. The van der Waals surface area contributed by atoms with E-state index in [9.17, 15) is 14.9 Å². The predicted molar refractivity (Wildman–Crippen MR) is 74.5 cm³/mol. The fraction of sp³-hybridized carbons (Fsp3) is 0.538. The van der Waals surface area contributed by atoms with Gasteiger partial charge in [0.25, 0.3) is 0 Å². The van der Waals surface area contributed by atoms with E-state index in [1.54, 1.807) is 4.90 Å². The standard InChI is InChI=1S/C13H18N4O3/c1-2-7-16(9-10-3-4-10)13(18)15-11-5-6-14-8-12(11)17(19)20/h5-6,8,10H,2-4,7,9H2,1H3,(H,14,15,18). The minimum absolute atomic E-state index is 0.187. The lowest BCUT2D eigenvalue weighted by molar-refractivity contribution is -0.384. The van der Waals surface area contributed by atoms with Gasteiger partial charge >= 0.3 is 11.7 Å². The highest BCUT2D eigenvalue weighted by Gasteiger charge is 2.27. The van der Waals surface area contributed by atoms with Gasteiger partial charge in [-0.25, -0.2) is 4.79 Å². The first-order valence-electron chi connectivity index (χ1n) is 6.76. The number of carbonyl (C=O) groups is 1. The second-order valence-electron chi connectivity index (χ2n) is 4.97. The zero-order valence-corrected chi connectivity index (χ0v) is 11.4. The van der Waals surface area contributed by atoms with Gasteiger partial charge in [0.1, 0.15) is 11.9 Å². The third-order valence-corrected chi connectivity index (χ3v) is 3.19. The van der Waals surface area contributed by atoms with Crippen LogP contribution in [0.15, 0.2) is 18.5 Å². The summed E-state index contributed by atoms with van der Waals surface area (Å²) >= 11 is 0. The largest absolute Gasteiger partial charge is 0.324 e. The second-order valence-corrected chi connectivity index (χ2v) is 4.97. The van der Waals surface area contributed by atoms with Crippen LogP contribution in [-0.4, -0.2) is 33.9 Å². The molecule has 1 fully saturated rings. The highest BCUT2D eigenvalue weighted by Crippen LogP contribution is 2.30. The van der Waals surface area contributed by atoms with Crippen LogP contribution in [0.1, 0.15) is 26.2 Å². The fourth-order valence-electron chi connectivity index (χ4n) is 1.99. The van der Waals surface area contributed by atoms with Crippen LogP contribution in [0.25, 0.3) is 0 Å². The van der Waals surface area contributed by atoms with Crippen molar-refractivity contribution >= 4 is 17.4 Å². The second kappa shape index (κ2) is 6.31. The number of rotatable bonds is 6. The van der Waals surface area contributed by atoms with Crippen LogP contribution in [0.5, 0.6) is 0 Å². The zero-order valence-electron chi connectivity index (χ0n) is 11.4. The molecule has 0 spiro atoms. The topological polar surface area (TPSA) is 88.4 Å². The summed E-state index contributed by atoms with van der Waals surface area (Å²) in [7, 11) is 0. The lowest BCUT2D eigenvalue weighted by Gasteiger charge is -2.22. The van der Waals surface area contributed by atoms with Crippen molar-refractivity contribution < 1.29 is 9.72 Å². The summed E-state index contributed by atoms with van der Waals surface area (Å²) in [5.74, 6) is 0.583. The molecule has 1 aliphatic rings. The summed E-state index contributed by atoms with van der Waals surface area (Å²) in [5, 5.41) is 13.5. The number of pyridine rings is 1. The molecule has 108 valence electrons. The summed E-state index contributed by atoms with van der Waals surface area (Å²) < 4.78 is 0. The highest BCUT2D eigenvalue weighted by molar-refractivity contribution is 5.91. The zero-order chi connectivity index (χ0) is 14.5. The lowest BCUT2D eigenvalue weighted by atomic mass is 10.3. The molecule has 0 bridgehead atoms. The van der Waals surface area contributed by atoms with E-state index in [2.05, 4.69) is 10.3 Å². The van der Waals surface area contributed by atoms with Gasteiger partial charge in [0.05, 0.1) is 4.92 Å². The molecule has 0 radical (unpaired) electrons. The maximum Gasteiger partial charge on any atom is 0.322 e. The first-order chi connectivity index (χ1) is 9.61. The minimum atomic E-state index is -0.548. The van der Waals surface area contributed by atoms with Gasteiger partial charge < -0.3 is 10.2 Å². The monoisotopic (exact) mass is 278 g/mol. The molecular formula is C13H18N4O3. The van der Waals surface area contributed by atoms with Gasteiger partial charge in [-0.05, 0) is 31.2 Å². The first kappa shape index (κ1) is 14.2. The van der Waals surface area contributed by atoms with Gasteiger partial charge in [-0.1, -0.05) is 6.92 Å². The van der Waals surface area contributed by atoms with Crippen molar-refractivity contribution in [2.75, 3.05) is 18.4 Å². The molecular weight excluding hydrogens is 260 g/mol. The molecule has 2 amide bonds. The van der Waals surface area contributed by atoms with E-state index in [0.29, 0.717) is 12.5 Å². The Morgan fingerprint density at radius 3 is 2.95 bits per heavy atom. The molecule has 0 aliphatic heterocycles. The third kappa shape index (κ3) is 3.66. The van der Waals surface area contributed by atoms with Gasteiger partial charge in [-0.15, -0.1) is 0 Å². The van der Waals surface area contributed by atoms with Crippen molar-refractivity contribution in [2.45, 2.75) is 26.2 Å². The Hall–Kier alpha value is -2.18. The minimum Gasteiger partial charge on any atom is -0.324 e. The van der Waals surface area contributed by atoms with E-state index in [-0.39, 0.29) is 17.4 Å². The number of nitrogens with one attached hydrogen (secondary N) is 1. The number of amides is 2. The van der Waals surface area contributed by atoms with E-state index in [1.807, 2.05) is 6.92 Å². The maximum atomic E-state index is 12.2. The van der Waals surface area contributed by atoms with E-state index in [1.165, 1.54) is 12.3 Å². The van der Waals surface area contributed by atoms with Gasteiger partial charge in [0.15, 0.2) is 0 Å². The normalized spacial score (nSPS) is 13.8. The van der Waals surface area contributed by atoms with Gasteiger partial charge in [-0.2, -0.15) is 0 Å². The van der Waals surface area contributed by atoms with Crippen molar-refractivity contribution in [3.63, 3.8) is 0 Å². The van der Waals surface area contributed by atoms with Crippen LogP contribution in [-0.2, 0) is 0 Å². The van der Waals surface area contributed by atoms with Crippen LogP contribution < -0.4 is 5.32 Å². The Kier molecular flexibility index (Phi) is 4.49. The molecule has 20 heavy (non-hydrogen) atoms. The van der Waals surface area contributed by atoms with E-state index in [0.717, 1.165) is 32.0 Å². The summed E-state index contributed by atoms with van der Waals surface area (Å²) in [5.41, 5.74) is -0.00406. The molecule has 2 rings (SSSR count). The Morgan fingerprint density at radius 1 is 1.60 bits per heavy atom. The van der Waals surface area contributed by atoms with Crippen LogP contribution in [0.4, 0.5) is 16.2 Å². The van der Waals surface area contributed by atoms with Crippen molar-refractivity contribution in [1.29, 1.82) is 0 Å². The number of hydrogen-bond donors (Lipinski definition) is 1. The van der Waals surface area contributed by atoms with E-state index in [4.69, 9.17) is 0 Å². The maximum absolute atomic E-state index is 12.2. The molecule has 0 aromatic carbocycles. The van der Waals surface area contributed by atoms with Gasteiger partial charge in [0, 0.05) is 19.3 Å². The quantitative estimate of drug-likeness (QED) is 0.640.